The Kier molecular flexibility index (Phi) is 4.26. The molecule has 1 saturated heterocycles. The second-order valence-electron chi connectivity index (χ2n) is 5.61. The van der Waals surface area contributed by atoms with Gasteiger partial charge in [0.05, 0.1) is 17.8 Å². The van der Waals surface area contributed by atoms with E-state index >= 15 is 0 Å². The van der Waals surface area contributed by atoms with Gasteiger partial charge in [-0.2, -0.15) is 0 Å². The Morgan fingerprint density at radius 1 is 1.24 bits per heavy atom. The first-order valence-electron chi connectivity index (χ1n) is 6.21. The van der Waals surface area contributed by atoms with Crippen molar-refractivity contribution in [2.45, 2.75) is 65.0 Å². The zero-order valence-electron chi connectivity index (χ0n) is 11.7. The van der Waals surface area contributed by atoms with Gasteiger partial charge in [-0.05, 0) is 34.6 Å². The van der Waals surface area contributed by atoms with Crippen molar-refractivity contribution >= 4 is 13.1 Å². The average molecular weight is 242 g/mol. The van der Waals surface area contributed by atoms with E-state index in [1.807, 2.05) is 34.6 Å². The molecule has 0 saturated carbocycles. The Morgan fingerprint density at radius 2 is 1.71 bits per heavy atom. The third-order valence-electron chi connectivity index (χ3n) is 3.53. The van der Waals surface area contributed by atoms with Crippen molar-refractivity contribution in [1.29, 1.82) is 0 Å². The Balaban J connectivity index is 2.56. The van der Waals surface area contributed by atoms with Crippen molar-refractivity contribution in [3.63, 3.8) is 0 Å². The molecule has 1 aliphatic heterocycles. The van der Waals surface area contributed by atoms with Crippen molar-refractivity contribution in [3.05, 3.63) is 0 Å². The second-order valence-corrected chi connectivity index (χ2v) is 5.61. The van der Waals surface area contributed by atoms with Crippen molar-refractivity contribution in [2.24, 2.45) is 0 Å². The molecule has 1 aliphatic rings. The van der Waals surface area contributed by atoms with Crippen LogP contribution in [0.25, 0.3) is 0 Å². The summed E-state index contributed by atoms with van der Waals surface area (Å²) in [5, 5.41) is 0. The van der Waals surface area contributed by atoms with E-state index in [4.69, 9.17) is 14.0 Å². The Labute approximate surface area is 104 Å². The first-order valence-corrected chi connectivity index (χ1v) is 6.21. The third-order valence-corrected chi connectivity index (χ3v) is 3.53. The van der Waals surface area contributed by atoms with E-state index in [1.54, 1.807) is 6.92 Å². The highest BCUT2D eigenvalue weighted by Crippen LogP contribution is 2.40. The quantitative estimate of drug-likeness (QED) is 0.561. The minimum absolute atomic E-state index is 0.00454. The summed E-state index contributed by atoms with van der Waals surface area (Å²) in [6, 6.07) is 0. The molecule has 0 radical (unpaired) electrons. The van der Waals surface area contributed by atoms with Crippen molar-refractivity contribution in [1.82, 2.24) is 0 Å². The van der Waals surface area contributed by atoms with E-state index in [9.17, 15) is 4.79 Å². The lowest BCUT2D eigenvalue weighted by molar-refractivity contribution is -0.143. The van der Waals surface area contributed by atoms with Gasteiger partial charge in [-0.15, -0.1) is 0 Å². The number of hydrogen-bond acceptors (Lipinski definition) is 4. The molecular formula is C12H23BO4. The number of esters is 1. The monoisotopic (exact) mass is 242 g/mol. The summed E-state index contributed by atoms with van der Waals surface area (Å²) in [6.07, 6.45) is 0.324. The molecule has 0 N–H and O–H groups in total. The second kappa shape index (κ2) is 4.98. The maximum absolute atomic E-state index is 11.4. The molecular weight excluding hydrogens is 219 g/mol. The normalized spacial score (nSPS) is 23.5. The lowest BCUT2D eigenvalue weighted by atomic mass is 9.71. The van der Waals surface area contributed by atoms with Gasteiger partial charge in [0, 0.05) is 12.2 Å². The van der Waals surface area contributed by atoms with Crippen LogP contribution >= 0.6 is 0 Å². The molecule has 0 bridgehead atoms. The SMILES string of the molecule is CCOC(=O)CC(C)B1OC(C)(C)C(C)(C)O1. The first kappa shape index (κ1) is 14.5. The first-order chi connectivity index (χ1) is 7.69. The summed E-state index contributed by atoms with van der Waals surface area (Å²) in [6.45, 7) is 12.2. The Morgan fingerprint density at radius 3 is 2.12 bits per heavy atom. The predicted octanol–water partition coefficient (Wildman–Crippen LogP) is 2.42. The molecule has 0 aromatic heterocycles. The topological polar surface area (TPSA) is 44.8 Å². The lowest BCUT2D eigenvalue weighted by Crippen LogP contribution is -2.41. The fourth-order valence-electron chi connectivity index (χ4n) is 1.70. The van der Waals surface area contributed by atoms with Gasteiger partial charge in [0.15, 0.2) is 0 Å². The van der Waals surface area contributed by atoms with Gasteiger partial charge in [0.1, 0.15) is 0 Å². The molecule has 1 atom stereocenters. The predicted molar refractivity (Wildman–Crippen MR) is 66.8 cm³/mol. The molecule has 1 heterocycles. The van der Waals surface area contributed by atoms with Crippen LogP contribution in [0.15, 0.2) is 0 Å². The molecule has 0 spiro atoms. The molecule has 1 unspecified atom stereocenters. The zero-order valence-corrected chi connectivity index (χ0v) is 11.7. The van der Waals surface area contributed by atoms with Crippen molar-refractivity contribution < 1.29 is 18.8 Å². The molecule has 5 heteroatoms. The lowest BCUT2D eigenvalue weighted by Gasteiger charge is -2.32. The summed E-state index contributed by atoms with van der Waals surface area (Å²) in [5.74, 6) is -0.204. The number of hydrogen-bond donors (Lipinski definition) is 0. The fourth-order valence-corrected chi connectivity index (χ4v) is 1.70. The molecule has 17 heavy (non-hydrogen) atoms. The summed E-state index contributed by atoms with van der Waals surface area (Å²) in [5.41, 5.74) is -0.693. The van der Waals surface area contributed by atoms with Crippen LogP contribution in [0.2, 0.25) is 5.82 Å². The van der Waals surface area contributed by atoms with Crippen LogP contribution in [-0.4, -0.2) is 30.9 Å². The van der Waals surface area contributed by atoms with E-state index in [-0.39, 0.29) is 30.1 Å². The van der Waals surface area contributed by atoms with Gasteiger partial charge < -0.3 is 14.0 Å². The van der Waals surface area contributed by atoms with Gasteiger partial charge in [0.2, 0.25) is 0 Å². The maximum atomic E-state index is 11.4. The highest BCUT2D eigenvalue weighted by molar-refractivity contribution is 6.47. The van der Waals surface area contributed by atoms with Crippen molar-refractivity contribution in [3.8, 4) is 0 Å². The fraction of sp³-hybridized carbons (Fsp3) is 0.917. The van der Waals surface area contributed by atoms with Gasteiger partial charge in [0.25, 0.3) is 0 Å². The summed E-state index contributed by atoms with van der Waals surface area (Å²) in [7, 11) is -0.343. The number of carbonyl (C=O) groups is 1. The average Bonchev–Trinajstić information content (AvgIpc) is 2.36. The minimum Gasteiger partial charge on any atom is -0.466 e. The third kappa shape index (κ3) is 3.22. The maximum Gasteiger partial charge on any atom is 0.461 e. The summed E-state index contributed by atoms with van der Waals surface area (Å²) < 4.78 is 16.7. The van der Waals surface area contributed by atoms with E-state index in [0.29, 0.717) is 13.0 Å². The van der Waals surface area contributed by atoms with E-state index in [1.165, 1.54) is 0 Å². The zero-order chi connectivity index (χ0) is 13.3. The van der Waals surface area contributed by atoms with Crippen LogP contribution in [0.5, 0.6) is 0 Å². The number of rotatable bonds is 4. The van der Waals surface area contributed by atoms with Crippen LogP contribution in [0.4, 0.5) is 0 Å². The highest BCUT2D eigenvalue weighted by Gasteiger charge is 2.52. The van der Waals surface area contributed by atoms with Crippen LogP contribution in [-0.2, 0) is 18.8 Å². The van der Waals surface area contributed by atoms with Crippen LogP contribution in [0, 0.1) is 0 Å². The molecule has 1 fully saturated rings. The highest BCUT2D eigenvalue weighted by atomic mass is 16.7. The molecule has 0 aromatic carbocycles. The smallest absolute Gasteiger partial charge is 0.461 e. The summed E-state index contributed by atoms with van der Waals surface area (Å²) in [4.78, 5) is 11.4. The molecule has 4 nitrogen and oxygen atoms in total. The van der Waals surface area contributed by atoms with E-state index in [0.717, 1.165) is 0 Å². The Bertz CT molecular complexity index is 272. The largest absolute Gasteiger partial charge is 0.466 e. The van der Waals surface area contributed by atoms with Gasteiger partial charge in [-0.1, -0.05) is 6.92 Å². The van der Waals surface area contributed by atoms with Crippen LogP contribution in [0.3, 0.4) is 0 Å². The van der Waals surface area contributed by atoms with Gasteiger partial charge in [-0.25, -0.2) is 0 Å². The Hall–Kier alpha value is -0.545. The summed E-state index contributed by atoms with van der Waals surface area (Å²) >= 11 is 0. The molecule has 1 rings (SSSR count). The standard InChI is InChI=1S/C12H23BO4/c1-7-15-10(14)8-9(2)13-16-11(3,4)12(5,6)17-13/h9H,7-8H2,1-6H3. The van der Waals surface area contributed by atoms with Gasteiger partial charge in [-0.3, -0.25) is 4.79 Å². The molecule has 98 valence electrons. The van der Waals surface area contributed by atoms with Crippen molar-refractivity contribution in [2.75, 3.05) is 6.61 Å². The number of ether oxygens (including phenoxy) is 1. The number of carbonyl (C=O) groups excluding carboxylic acids is 1. The molecule has 0 aromatic rings. The van der Waals surface area contributed by atoms with Crippen LogP contribution < -0.4 is 0 Å². The molecule has 0 aliphatic carbocycles. The molecule has 0 amide bonds. The van der Waals surface area contributed by atoms with E-state index < -0.39 is 0 Å². The van der Waals surface area contributed by atoms with Crippen LogP contribution in [0.1, 0.15) is 48.0 Å². The minimum atomic E-state index is -0.347. The van der Waals surface area contributed by atoms with Gasteiger partial charge >= 0.3 is 13.1 Å². The van der Waals surface area contributed by atoms with E-state index in [2.05, 4.69) is 0 Å².